The smallest absolute Gasteiger partial charge is 0.0503 e. The molecule has 0 unspecified atom stereocenters. The largest absolute Gasteiger partial charge is 0.398 e. The van der Waals surface area contributed by atoms with E-state index in [1.807, 2.05) is 24.3 Å². The highest BCUT2D eigenvalue weighted by atomic mass is 32.2. The second-order valence-corrected chi connectivity index (χ2v) is 3.85. The highest BCUT2D eigenvalue weighted by Crippen LogP contribution is 2.11. The number of nitrogen functional groups attached to an aromatic ring is 1. The molecule has 0 saturated heterocycles. The predicted octanol–water partition coefficient (Wildman–Crippen LogP) is 1.15. The van der Waals surface area contributed by atoms with Crippen LogP contribution in [0.25, 0.3) is 0 Å². The lowest BCUT2D eigenvalue weighted by Crippen LogP contribution is -1.97. The van der Waals surface area contributed by atoms with E-state index in [2.05, 4.69) is 0 Å². The second kappa shape index (κ2) is 3.53. The average Bonchev–Trinajstić information content (AvgIpc) is 1.93. The van der Waals surface area contributed by atoms with Crippen molar-refractivity contribution >= 4 is 16.5 Å². The summed E-state index contributed by atoms with van der Waals surface area (Å²) in [4.78, 5) is 0. The van der Waals surface area contributed by atoms with Gasteiger partial charge in [0.15, 0.2) is 0 Å². The van der Waals surface area contributed by atoms with Crippen LogP contribution >= 0.6 is 0 Å². The molecule has 0 saturated carbocycles. The highest BCUT2D eigenvalue weighted by Gasteiger charge is 1.98. The lowest BCUT2D eigenvalue weighted by molar-refractivity contribution is 0.686. The van der Waals surface area contributed by atoms with Gasteiger partial charge in [0, 0.05) is 22.7 Å². The zero-order chi connectivity index (χ0) is 8.27. The van der Waals surface area contributed by atoms with E-state index in [0.717, 1.165) is 11.3 Å². The van der Waals surface area contributed by atoms with E-state index in [1.54, 1.807) is 6.26 Å². The van der Waals surface area contributed by atoms with Crippen LogP contribution < -0.4 is 5.73 Å². The Kier molecular flexibility index (Phi) is 2.65. The quantitative estimate of drug-likeness (QED) is 0.675. The lowest BCUT2D eigenvalue weighted by atomic mass is 10.2. The van der Waals surface area contributed by atoms with Gasteiger partial charge in [0.25, 0.3) is 0 Å². The van der Waals surface area contributed by atoms with Crippen molar-refractivity contribution in [3.8, 4) is 0 Å². The van der Waals surface area contributed by atoms with Crippen molar-refractivity contribution in [3.05, 3.63) is 29.8 Å². The van der Waals surface area contributed by atoms with Crippen LogP contribution in [0.4, 0.5) is 5.69 Å². The molecule has 0 aliphatic carbocycles. The average molecular weight is 169 g/mol. The Hall–Kier alpha value is -0.830. The van der Waals surface area contributed by atoms with Crippen molar-refractivity contribution in [1.82, 2.24) is 0 Å². The molecule has 11 heavy (non-hydrogen) atoms. The Balaban J connectivity index is 2.86. The van der Waals surface area contributed by atoms with E-state index in [9.17, 15) is 4.21 Å². The van der Waals surface area contributed by atoms with Crippen molar-refractivity contribution < 1.29 is 4.21 Å². The Bertz CT molecular complexity index is 273. The molecule has 1 rings (SSSR count). The van der Waals surface area contributed by atoms with E-state index in [1.165, 1.54) is 0 Å². The summed E-state index contributed by atoms with van der Waals surface area (Å²) in [6, 6.07) is 7.49. The summed E-state index contributed by atoms with van der Waals surface area (Å²) >= 11 is 0. The highest BCUT2D eigenvalue weighted by molar-refractivity contribution is 7.83. The second-order valence-electron chi connectivity index (χ2n) is 2.42. The maximum Gasteiger partial charge on any atom is 0.0503 e. The van der Waals surface area contributed by atoms with E-state index < -0.39 is 10.8 Å². The molecule has 1 atom stereocenters. The van der Waals surface area contributed by atoms with Crippen LogP contribution in [-0.4, -0.2) is 10.5 Å². The van der Waals surface area contributed by atoms with Crippen molar-refractivity contribution in [1.29, 1.82) is 0 Å². The fourth-order valence-corrected chi connectivity index (χ4v) is 1.59. The first kappa shape index (κ1) is 8.27. The fraction of sp³-hybridized carbons (Fsp3) is 0.250. The van der Waals surface area contributed by atoms with Crippen LogP contribution in [0.15, 0.2) is 24.3 Å². The summed E-state index contributed by atoms with van der Waals surface area (Å²) in [7, 11) is -0.807. The van der Waals surface area contributed by atoms with Gasteiger partial charge in [-0.25, -0.2) is 0 Å². The first-order valence-electron chi connectivity index (χ1n) is 3.33. The van der Waals surface area contributed by atoms with Gasteiger partial charge in [0.1, 0.15) is 0 Å². The fourth-order valence-electron chi connectivity index (χ4n) is 0.885. The Morgan fingerprint density at radius 1 is 1.45 bits per heavy atom. The molecule has 0 fully saturated rings. The summed E-state index contributed by atoms with van der Waals surface area (Å²) in [5, 5.41) is 0. The monoisotopic (exact) mass is 169 g/mol. The minimum absolute atomic E-state index is 0.548. The van der Waals surface area contributed by atoms with Gasteiger partial charge in [-0.1, -0.05) is 18.2 Å². The third-order valence-corrected chi connectivity index (χ3v) is 2.13. The molecule has 0 amide bonds. The van der Waals surface area contributed by atoms with Crippen LogP contribution in [0.2, 0.25) is 0 Å². The van der Waals surface area contributed by atoms with Gasteiger partial charge in [-0.3, -0.25) is 4.21 Å². The van der Waals surface area contributed by atoms with Crippen LogP contribution in [0.3, 0.4) is 0 Å². The number of rotatable bonds is 2. The molecule has 2 N–H and O–H groups in total. The predicted molar refractivity (Wildman–Crippen MR) is 48.6 cm³/mol. The normalized spacial score (nSPS) is 12.8. The minimum atomic E-state index is -0.807. The maximum atomic E-state index is 10.8. The Morgan fingerprint density at radius 3 is 2.64 bits per heavy atom. The van der Waals surface area contributed by atoms with Crippen molar-refractivity contribution in [2.45, 2.75) is 5.75 Å². The minimum Gasteiger partial charge on any atom is -0.398 e. The van der Waals surface area contributed by atoms with E-state index in [0.29, 0.717) is 5.75 Å². The standard InChI is InChI=1S/C8H11NOS/c1-11(10)6-7-4-2-3-5-8(7)9/h2-5H,6,9H2,1H3/t11-/m0/s1. The molecule has 0 aromatic heterocycles. The topological polar surface area (TPSA) is 43.1 Å². The SMILES string of the molecule is C[S@](=O)Cc1ccccc1N. The van der Waals surface area contributed by atoms with E-state index >= 15 is 0 Å². The molecule has 2 nitrogen and oxygen atoms in total. The molecule has 0 heterocycles. The van der Waals surface area contributed by atoms with Crippen LogP contribution in [0.1, 0.15) is 5.56 Å². The third-order valence-electron chi connectivity index (χ3n) is 1.41. The number of hydrogen-bond acceptors (Lipinski definition) is 2. The molecular formula is C8H11NOS. The van der Waals surface area contributed by atoms with Crippen molar-refractivity contribution in [2.24, 2.45) is 0 Å². The summed E-state index contributed by atoms with van der Waals surface area (Å²) in [6.07, 6.45) is 1.67. The molecular weight excluding hydrogens is 158 g/mol. The van der Waals surface area contributed by atoms with E-state index in [4.69, 9.17) is 5.73 Å². The van der Waals surface area contributed by atoms with Gasteiger partial charge in [-0.05, 0) is 11.6 Å². The molecule has 0 radical (unpaired) electrons. The van der Waals surface area contributed by atoms with Crippen molar-refractivity contribution in [3.63, 3.8) is 0 Å². The summed E-state index contributed by atoms with van der Waals surface area (Å²) in [5.41, 5.74) is 7.33. The molecule has 1 aromatic rings. The zero-order valence-electron chi connectivity index (χ0n) is 6.41. The number of para-hydroxylation sites is 1. The van der Waals surface area contributed by atoms with Gasteiger partial charge in [0.05, 0.1) is 5.75 Å². The van der Waals surface area contributed by atoms with Crippen LogP contribution in [-0.2, 0) is 16.6 Å². The number of anilines is 1. The number of nitrogens with two attached hydrogens (primary N) is 1. The van der Waals surface area contributed by atoms with Crippen molar-refractivity contribution in [2.75, 3.05) is 12.0 Å². The van der Waals surface area contributed by atoms with Crippen LogP contribution in [0, 0.1) is 0 Å². The van der Waals surface area contributed by atoms with Gasteiger partial charge >= 0.3 is 0 Å². The van der Waals surface area contributed by atoms with Gasteiger partial charge in [-0.15, -0.1) is 0 Å². The van der Waals surface area contributed by atoms with Gasteiger partial charge in [-0.2, -0.15) is 0 Å². The summed E-state index contributed by atoms with van der Waals surface area (Å²) in [5.74, 6) is 0.548. The molecule has 0 spiro atoms. The number of hydrogen-bond donors (Lipinski definition) is 1. The lowest BCUT2D eigenvalue weighted by Gasteiger charge is -2.01. The van der Waals surface area contributed by atoms with Gasteiger partial charge in [0.2, 0.25) is 0 Å². The molecule has 1 aromatic carbocycles. The number of benzene rings is 1. The maximum absolute atomic E-state index is 10.8. The summed E-state index contributed by atoms with van der Waals surface area (Å²) in [6.45, 7) is 0. The van der Waals surface area contributed by atoms with Crippen LogP contribution in [0.5, 0.6) is 0 Å². The molecule has 60 valence electrons. The first-order valence-corrected chi connectivity index (χ1v) is 5.06. The zero-order valence-corrected chi connectivity index (χ0v) is 7.23. The Labute approximate surface area is 68.9 Å². The first-order chi connectivity index (χ1) is 5.20. The molecule has 0 aliphatic rings. The molecule has 0 aliphatic heterocycles. The Morgan fingerprint density at radius 2 is 2.09 bits per heavy atom. The third kappa shape index (κ3) is 2.35. The van der Waals surface area contributed by atoms with E-state index in [-0.39, 0.29) is 0 Å². The van der Waals surface area contributed by atoms with Gasteiger partial charge < -0.3 is 5.73 Å². The summed E-state index contributed by atoms with van der Waals surface area (Å²) < 4.78 is 10.8. The molecule has 3 heteroatoms. The molecule has 0 bridgehead atoms.